The highest BCUT2D eigenvalue weighted by atomic mass is 16.1. The summed E-state index contributed by atoms with van der Waals surface area (Å²) in [6.45, 7) is 2.18. The van der Waals surface area contributed by atoms with Gasteiger partial charge < -0.3 is 0 Å². The van der Waals surface area contributed by atoms with Crippen LogP contribution < -0.4 is 0 Å². The number of unbranched alkanes of at least 4 members (excludes halogenated alkanes) is 1. The van der Waals surface area contributed by atoms with Crippen LogP contribution in [0.1, 0.15) is 51.0 Å². The van der Waals surface area contributed by atoms with E-state index in [-0.39, 0.29) is 0 Å². The molecule has 1 heteroatoms. The molecule has 0 amide bonds. The van der Waals surface area contributed by atoms with Crippen molar-refractivity contribution in [3.63, 3.8) is 0 Å². The van der Waals surface area contributed by atoms with E-state index in [1.807, 2.05) is 6.07 Å². The largest absolute Gasteiger partial charge is 0.295 e. The second-order valence-electron chi connectivity index (χ2n) is 4.70. The molecule has 1 aromatic rings. The number of hydrogen-bond donors (Lipinski definition) is 0. The molecule has 0 unspecified atom stereocenters. The summed E-state index contributed by atoms with van der Waals surface area (Å²) in [6, 6.07) is 10.4. The van der Waals surface area contributed by atoms with E-state index < -0.39 is 0 Å². The van der Waals surface area contributed by atoms with Crippen molar-refractivity contribution in [3.8, 4) is 0 Å². The molecule has 0 fully saturated rings. The van der Waals surface area contributed by atoms with Gasteiger partial charge in [-0.2, -0.15) is 0 Å². The molecular formula is C16H20O. The van der Waals surface area contributed by atoms with Crippen molar-refractivity contribution in [1.29, 1.82) is 0 Å². The third-order valence-electron chi connectivity index (χ3n) is 3.43. The number of carbonyl (C=O) groups is 1. The maximum Gasteiger partial charge on any atom is 0.159 e. The summed E-state index contributed by atoms with van der Waals surface area (Å²) in [5.74, 6) is 0.378. The van der Waals surface area contributed by atoms with Crippen LogP contribution in [0.2, 0.25) is 0 Å². The topological polar surface area (TPSA) is 17.1 Å². The minimum atomic E-state index is 0.378. The first kappa shape index (κ1) is 12.1. The van der Waals surface area contributed by atoms with Gasteiger partial charge in [0.2, 0.25) is 0 Å². The van der Waals surface area contributed by atoms with E-state index in [1.54, 1.807) is 0 Å². The third kappa shape index (κ3) is 2.85. The van der Waals surface area contributed by atoms with Crippen LogP contribution in [0.4, 0.5) is 0 Å². The molecule has 0 aliphatic heterocycles. The van der Waals surface area contributed by atoms with Gasteiger partial charge in [-0.25, -0.2) is 0 Å². The van der Waals surface area contributed by atoms with Crippen LogP contribution in [-0.4, -0.2) is 5.78 Å². The van der Waals surface area contributed by atoms with E-state index in [2.05, 4.69) is 31.2 Å². The van der Waals surface area contributed by atoms with Crippen LogP contribution in [0, 0.1) is 0 Å². The molecule has 0 saturated carbocycles. The number of rotatable bonds is 4. The summed E-state index contributed by atoms with van der Waals surface area (Å²) in [5.41, 5.74) is 3.64. The summed E-state index contributed by atoms with van der Waals surface area (Å²) in [4.78, 5) is 12.0. The zero-order valence-electron chi connectivity index (χ0n) is 10.5. The molecule has 90 valence electrons. The van der Waals surface area contributed by atoms with E-state index in [4.69, 9.17) is 0 Å². The van der Waals surface area contributed by atoms with Crippen LogP contribution in [0.15, 0.2) is 35.9 Å². The van der Waals surface area contributed by atoms with Crippen LogP contribution >= 0.6 is 0 Å². The minimum absolute atomic E-state index is 0.378. The molecule has 2 rings (SSSR count). The van der Waals surface area contributed by atoms with Gasteiger partial charge in [0.1, 0.15) is 0 Å². The number of ketones is 1. The maximum absolute atomic E-state index is 12.0. The van der Waals surface area contributed by atoms with Gasteiger partial charge in [-0.05, 0) is 42.4 Å². The predicted molar refractivity (Wildman–Crippen MR) is 71.7 cm³/mol. The summed E-state index contributed by atoms with van der Waals surface area (Å²) < 4.78 is 0. The molecule has 1 nitrogen and oxygen atoms in total. The van der Waals surface area contributed by atoms with Gasteiger partial charge >= 0.3 is 0 Å². The fraction of sp³-hybridized carbons (Fsp3) is 0.438. The van der Waals surface area contributed by atoms with Gasteiger partial charge in [-0.15, -0.1) is 0 Å². The standard InChI is InChI=1S/C16H20O/c1-2-3-10-15-14(11-7-12-16(15)17)13-8-5-4-6-9-13/h4-6,8-9H,2-3,7,10-12H2,1H3. The average molecular weight is 228 g/mol. The van der Waals surface area contributed by atoms with Crippen molar-refractivity contribution < 1.29 is 4.79 Å². The second-order valence-corrected chi connectivity index (χ2v) is 4.70. The van der Waals surface area contributed by atoms with E-state index in [0.29, 0.717) is 5.78 Å². The maximum atomic E-state index is 12.0. The van der Waals surface area contributed by atoms with E-state index in [9.17, 15) is 4.79 Å². The molecule has 17 heavy (non-hydrogen) atoms. The van der Waals surface area contributed by atoms with Crippen molar-refractivity contribution in [2.45, 2.75) is 45.4 Å². The number of Topliss-reactive ketones (excluding diaryl/α,β-unsaturated/α-hetero) is 1. The molecule has 1 aliphatic carbocycles. The Bertz CT molecular complexity index is 414. The fourth-order valence-corrected chi connectivity index (χ4v) is 2.50. The molecule has 0 heterocycles. The first-order valence-electron chi connectivity index (χ1n) is 6.63. The average Bonchev–Trinajstić information content (AvgIpc) is 2.38. The Morgan fingerprint density at radius 3 is 2.59 bits per heavy atom. The highest BCUT2D eigenvalue weighted by Crippen LogP contribution is 2.32. The van der Waals surface area contributed by atoms with Crippen LogP contribution in [0.25, 0.3) is 5.57 Å². The molecule has 0 saturated heterocycles. The monoisotopic (exact) mass is 228 g/mol. The van der Waals surface area contributed by atoms with Gasteiger partial charge in [0.25, 0.3) is 0 Å². The fourth-order valence-electron chi connectivity index (χ4n) is 2.50. The van der Waals surface area contributed by atoms with Crippen molar-refractivity contribution in [2.24, 2.45) is 0 Å². The molecule has 0 bridgehead atoms. The Hall–Kier alpha value is -1.37. The van der Waals surface area contributed by atoms with E-state index in [0.717, 1.165) is 44.1 Å². The summed E-state index contributed by atoms with van der Waals surface area (Å²) in [5, 5.41) is 0. The predicted octanol–water partition coefficient (Wildman–Crippen LogP) is 4.38. The number of hydrogen-bond acceptors (Lipinski definition) is 1. The van der Waals surface area contributed by atoms with Gasteiger partial charge in [-0.3, -0.25) is 4.79 Å². The van der Waals surface area contributed by atoms with Crippen LogP contribution in [0.3, 0.4) is 0 Å². The molecule has 0 radical (unpaired) electrons. The third-order valence-corrected chi connectivity index (χ3v) is 3.43. The lowest BCUT2D eigenvalue weighted by atomic mass is 9.84. The zero-order valence-corrected chi connectivity index (χ0v) is 10.5. The van der Waals surface area contributed by atoms with E-state index >= 15 is 0 Å². The minimum Gasteiger partial charge on any atom is -0.295 e. The Kier molecular flexibility index (Phi) is 4.13. The Balaban J connectivity index is 2.34. The SMILES string of the molecule is CCCCC1=C(c2ccccc2)CCCC1=O. The van der Waals surface area contributed by atoms with E-state index in [1.165, 1.54) is 11.1 Å². The smallest absolute Gasteiger partial charge is 0.159 e. The van der Waals surface area contributed by atoms with Crippen LogP contribution in [-0.2, 0) is 4.79 Å². The van der Waals surface area contributed by atoms with Crippen molar-refractivity contribution in [3.05, 3.63) is 41.5 Å². The van der Waals surface area contributed by atoms with Gasteiger partial charge in [-0.1, -0.05) is 43.7 Å². The van der Waals surface area contributed by atoms with Crippen molar-refractivity contribution in [2.75, 3.05) is 0 Å². The van der Waals surface area contributed by atoms with Crippen molar-refractivity contribution in [1.82, 2.24) is 0 Å². The first-order valence-corrected chi connectivity index (χ1v) is 6.63. The second kappa shape index (κ2) is 5.81. The first-order chi connectivity index (χ1) is 8.33. The van der Waals surface area contributed by atoms with Gasteiger partial charge in [0.15, 0.2) is 5.78 Å². The number of benzene rings is 1. The molecule has 0 N–H and O–H groups in total. The lowest BCUT2D eigenvalue weighted by Crippen LogP contribution is -2.11. The molecule has 1 aromatic carbocycles. The highest BCUT2D eigenvalue weighted by molar-refractivity contribution is 6.04. The Morgan fingerprint density at radius 2 is 1.88 bits per heavy atom. The number of carbonyl (C=O) groups excluding carboxylic acids is 1. The summed E-state index contributed by atoms with van der Waals surface area (Å²) in [7, 11) is 0. The Labute approximate surface area is 104 Å². The highest BCUT2D eigenvalue weighted by Gasteiger charge is 2.20. The molecule has 0 aromatic heterocycles. The summed E-state index contributed by atoms with van der Waals surface area (Å²) in [6.07, 6.45) is 6.05. The van der Waals surface area contributed by atoms with Crippen LogP contribution in [0.5, 0.6) is 0 Å². The van der Waals surface area contributed by atoms with Crippen molar-refractivity contribution >= 4 is 11.4 Å². The quantitative estimate of drug-likeness (QED) is 0.747. The molecule has 0 atom stereocenters. The molecule has 0 spiro atoms. The van der Waals surface area contributed by atoms with Gasteiger partial charge in [0, 0.05) is 6.42 Å². The molecule has 1 aliphatic rings. The lowest BCUT2D eigenvalue weighted by Gasteiger charge is -2.19. The Morgan fingerprint density at radius 1 is 1.12 bits per heavy atom. The van der Waals surface area contributed by atoms with Gasteiger partial charge in [0.05, 0.1) is 0 Å². The molecular weight excluding hydrogens is 208 g/mol. The summed E-state index contributed by atoms with van der Waals surface area (Å²) >= 11 is 0. The lowest BCUT2D eigenvalue weighted by molar-refractivity contribution is -0.116. The normalized spacial score (nSPS) is 16.4. The number of allylic oxidation sites excluding steroid dienone is 2. The zero-order chi connectivity index (χ0) is 12.1.